The molecule has 6 nitrogen and oxygen atoms in total. The van der Waals surface area contributed by atoms with Crippen LogP contribution in [-0.2, 0) is 13.5 Å². The summed E-state index contributed by atoms with van der Waals surface area (Å²) in [5.41, 5.74) is 8.82. The van der Waals surface area contributed by atoms with Crippen molar-refractivity contribution in [2.24, 2.45) is 12.8 Å². The van der Waals surface area contributed by atoms with Crippen molar-refractivity contribution in [1.82, 2.24) is 25.2 Å². The minimum Gasteiger partial charge on any atom is -0.322 e. The highest BCUT2D eigenvalue weighted by molar-refractivity contribution is 9.10. The highest BCUT2D eigenvalue weighted by Gasteiger charge is 2.16. The standard InChI is InChI=1S/C9H13BrN6/c1-5-9(10)8(16(2)14-5)3-6(11)7-4-12-15-13-7/h4,6H,3,11H2,1-2H3,(H,12,13,15). The zero-order valence-corrected chi connectivity index (χ0v) is 10.7. The Morgan fingerprint density at radius 2 is 2.38 bits per heavy atom. The van der Waals surface area contributed by atoms with E-state index in [2.05, 4.69) is 36.4 Å². The summed E-state index contributed by atoms with van der Waals surface area (Å²) in [6.45, 7) is 1.95. The van der Waals surface area contributed by atoms with E-state index in [1.54, 1.807) is 6.20 Å². The molecule has 0 aliphatic heterocycles. The van der Waals surface area contributed by atoms with E-state index in [0.717, 1.165) is 21.6 Å². The van der Waals surface area contributed by atoms with Gasteiger partial charge in [0, 0.05) is 13.5 Å². The maximum absolute atomic E-state index is 6.03. The van der Waals surface area contributed by atoms with Gasteiger partial charge in [0.15, 0.2) is 0 Å². The summed E-state index contributed by atoms with van der Waals surface area (Å²) in [6, 6.07) is -0.176. The molecule has 0 aliphatic carbocycles. The van der Waals surface area contributed by atoms with Gasteiger partial charge in [0.05, 0.1) is 33.8 Å². The van der Waals surface area contributed by atoms with Crippen LogP contribution in [0.25, 0.3) is 0 Å². The maximum Gasteiger partial charge on any atom is 0.0995 e. The normalized spacial score (nSPS) is 13.0. The molecular weight excluding hydrogens is 272 g/mol. The largest absolute Gasteiger partial charge is 0.322 e. The molecule has 1 unspecified atom stereocenters. The molecular formula is C9H13BrN6. The third-order valence-electron chi connectivity index (χ3n) is 2.49. The van der Waals surface area contributed by atoms with Gasteiger partial charge >= 0.3 is 0 Å². The Balaban J connectivity index is 2.21. The molecule has 2 aromatic heterocycles. The molecule has 0 saturated heterocycles. The van der Waals surface area contributed by atoms with E-state index in [-0.39, 0.29) is 6.04 Å². The summed E-state index contributed by atoms with van der Waals surface area (Å²) in [6.07, 6.45) is 2.31. The molecule has 0 bridgehead atoms. The first-order valence-corrected chi connectivity index (χ1v) is 5.68. The number of halogens is 1. The third kappa shape index (κ3) is 2.00. The number of nitrogens with one attached hydrogen (secondary N) is 1. The molecule has 86 valence electrons. The quantitative estimate of drug-likeness (QED) is 0.875. The van der Waals surface area contributed by atoms with Crippen LogP contribution in [0.4, 0.5) is 0 Å². The molecule has 0 spiro atoms. The van der Waals surface area contributed by atoms with E-state index in [1.165, 1.54) is 0 Å². The highest BCUT2D eigenvalue weighted by atomic mass is 79.9. The molecule has 2 aromatic rings. The van der Waals surface area contributed by atoms with Crippen LogP contribution in [0.3, 0.4) is 0 Å². The van der Waals surface area contributed by atoms with Crippen molar-refractivity contribution in [2.75, 3.05) is 0 Å². The van der Waals surface area contributed by atoms with Gasteiger partial charge in [0.25, 0.3) is 0 Å². The lowest BCUT2D eigenvalue weighted by molar-refractivity contribution is 0.625. The van der Waals surface area contributed by atoms with Crippen molar-refractivity contribution in [2.45, 2.75) is 19.4 Å². The van der Waals surface area contributed by atoms with Crippen molar-refractivity contribution < 1.29 is 0 Å². The van der Waals surface area contributed by atoms with Crippen LogP contribution < -0.4 is 5.73 Å². The van der Waals surface area contributed by atoms with Crippen LogP contribution >= 0.6 is 15.9 Å². The molecule has 2 rings (SSSR count). The van der Waals surface area contributed by atoms with Gasteiger partial charge in [-0.2, -0.15) is 20.5 Å². The van der Waals surface area contributed by atoms with E-state index >= 15 is 0 Å². The smallest absolute Gasteiger partial charge is 0.0995 e. The van der Waals surface area contributed by atoms with E-state index < -0.39 is 0 Å². The molecule has 0 saturated carbocycles. The van der Waals surface area contributed by atoms with Crippen molar-refractivity contribution in [3.05, 3.63) is 27.8 Å². The Morgan fingerprint density at radius 1 is 1.62 bits per heavy atom. The minimum absolute atomic E-state index is 0.176. The molecule has 3 N–H and O–H groups in total. The number of aromatic nitrogens is 5. The van der Waals surface area contributed by atoms with Gasteiger partial charge in [-0.3, -0.25) is 4.68 Å². The summed E-state index contributed by atoms with van der Waals surface area (Å²) in [5, 5.41) is 14.6. The second-order valence-electron chi connectivity index (χ2n) is 3.68. The second-order valence-corrected chi connectivity index (χ2v) is 4.47. The van der Waals surface area contributed by atoms with E-state index in [1.807, 2.05) is 18.7 Å². The molecule has 2 heterocycles. The average Bonchev–Trinajstić information content (AvgIpc) is 2.83. The van der Waals surface area contributed by atoms with E-state index in [0.29, 0.717) is 6.42 Å². The molecule has 0 fully saturated rings. The van der Waals surface area contributed by atoms with Crippen molar-refractivity contribution in [1.29, 1.82) is 0 Å². The van der Waals surface area contributed by atoms with Crippen LogP contribution in [0.5, 0.6) is 0 Å². The van der Waals surface area contributed by atoms with Gasteiger partial charge < -0.3 is 5.73 Å². The lowest BCUT2D eigenvalue weighted by Crippen LogP contribution is -2.16. The molecule has 0 radical (unpaired) electrons. The highest BCUT2D eigenvalue weighted by Crippen LogP contribution is 2.23. The van der Waals surface area contributed by atoms with Crippen LogP contribution in [0.2, 0.25) is 0 Å². The topological polar surface area (TPSA) is 85.4 Å². The molecule has 0 aromatic carbocycles. The number of nitrogens with two attached hydrogens (primary N) is 1. The van der Waals surface area contributed by atoms with Gasteiger partial charge in [-0.15, -0.1) is 0 Å². The number of nitrogens with zero attached hydrogens (tertiary/aromatic N) is 4. The summed E-state index contributed by atoms with van der Waals surface area (Å²) in [5.74, 6) is 0. The average molecular weight is 285 g/mol. The number of hydrogen-bond acceptors (Lipinski definition) is 4. The van der Waals surface area contributed by atoms with Gasteiger partial charge in [-0.05, 0) is 22.9 Å². The number of H-pyrrole nitrogens is 1. The fourth-order valence-electron chi connectivity index (χ4n) is 1.60. The maximum atomic E-state index is 6.03. The predicted octanol–water partition coefficient (Wildman–Crippen LogP) is 0.852. The lowest BCUT2D eigenvalue weighted by Gasteiger charge is -2.08. The van der Waals surface area contributed by atoms with E-state index in [9.17, 15) is 0 Å². The first-order chi connectivity index (χ1) is 7.59. The summed E-state index contributed by atoms with van der Waals surface area (Å²) < 4.78 is 2.84. The van der Waals surface area contributed by atoms with Gasteiger partial charge in [0.1, 0.15) is 0 Å². The fraction of sp³-hybridized carbons (Fsp3) is 0.444. The molecule has 1 atom stereocenters. The Morgan fingerprint density at radius 3 is 2.88 bits per heavy atom. The zero-order chi connectivity index (χ0) is 11.7. The van der Waals surface area contributed by atoms with Gasteiger partial charge in [0.2, 0.25) is 0 Å². The van der Waals surface area contributed by atoms with Crippen LogP contribution in [-0.4, -0.2) is 25.2 Å². The predicted molar refractivity (Wildman–Crippen MR) is 62.7 cm³/mol. The van der Waals surface area contributed by atoms with Crippen molar-refractivity contribution >= 4 is 15.9 Å². The molecule has 16 heavy (non-hydrogen) atoms. The Labute approximate surface area is 101 Å². The van der Waals surface area contributed by atoms with Crippen LogP contribution in [0, 0.1) is 6.92 Å². The fourth-order valence-corrected chi connectivity index (χ4v) is 2.10. The zero-order valence-electron chi connectivity index (χ0n) is 9.11. The Bertz CT molecular complexity index is 474. The summed E-state index contributed by atoms with van der Waals surface area (Å²) in [4.78, 5) is 0. The van der Waals surface area contributed by atoms with Gasteiger partial charge in [-0.25, -0.2) is 0 Å². The molecule has 0 amide bonds. The molecule has 7 heteroatoms. The van der Waals surface area contributed by atoms with Crippen molar-refractivity contribution in [3.63, 3.8) is 0 Å². The number of rotatable bonds is 3. The monoisotopic (exact) mass is 284 g/mol. The summed E-state index contributed by atoms with van der Waals surface area (Å²) in [7, 11) is 1.91. The van der Waals surface area contributed by atoms with E-state index in [4.69, 9.17) is 5.73 Å². The van der Waals surface area contributed by atoms with Gasteiger partial charge in [-0.1, -0.05) is 0 Å². The third-order valence-corrected chi connectivity index (χ3v) is 3.52. The lowest BCUT2D eigenvalue weighted by atomic mass is 10.1. The van der Waals surface area contributed by atoms with Crippen LogP contribution in [0.15, 0.2) is 10.7 Å². The first kappa shape index (κ1) is 11.3. The SMILES string of the molecule is Cc1nn(C)c(CC(N)c2cn[nH]n2)c1Br. The van der Waals surface area contributed by atoms with Crippen molar-refractivity contribution in [3.8, 4) is 0 Å². The number of aromatic amines is 1. The van der Waals surface area contributed by atoms with Crippen LogP contribution in [0.1, 0.15) is 23.1 Å². The number of aryl methyl sites for hydroxylation is 2. The first-order valence-electron chi connectivity index (χ1n) is 4.88. The summed E-state index contributed by atoms with van der Waals surface area (Å²) >= 11 is 3.51. The minimum atomic E-state index is -0.176. The number of hydrogen-bond donors (Lipinski definition) is 2. The molecule has 0 aliphatic rings. The Hall–Kier alpha value is -1.21. The Kier molecular flexibility index (Phi) is 3.06. The second kappa shape index (κ2) is 4.34.